The van der Waals surface area contributed by atoms with Crippen molar-refractivity contribution in [1.29, 1.82) is 0 Å². The van der Waals surface area contributed by atoms with E-state index in [-0.39, 0.29) is 11.9 Å². The second-order valence-corrected chi connectivity index (χ2v) is 7.87. The van der Waals surface area contributed by atoms with E-state index in [1.54, 1.807) is 6.92 Å². The van der Waals surface area contributed by atoms with Crippen molar-refractivity contribution in [2.45, 2.75) is 76.9 Å². The number of carbonyl (C=O) groups excluding carboxylic acids is 2. The number of likely N-dealkylation sites (tertiary alicyclic amines) is 1. The van der Waals surface area contributed by atoms with E-state index in [2.05, 4.69) is 12.2 Å². The lowest BCUT2D eigenvalue weighted by Crippen LogP contribution is -2.53. The summed E-state index contributed by atoms with van der Waals surface area (Å²) in [4.78, 5) is 38.3. The molecule has 1 amide bonds. The standard InChI is InChI=1S/C23H34N2O5/c1-3-4-8-16-30-23(29)19(14-13-18-10-6-5-7-11-18)24-17(2)21(26)25-15-9-12-20(25)22(27)28/h5-7,10-11,17,19-20,24H,3-4,8-9,12-16H2,1-2H3,(H,27,28)/t17-,19-,20-/m0/s1. The number of nitrogens with zero attached hydrogens (tertiary/aromatic N) is 1. The Balaban J connectivity index is 1.99. The molecule has 0 aromatic heterocycles. The number of amides is 1. The summed E-state index contributed by atoms with van der Waals surface area (Å²) in [6, 6.07) is 7.76. The molecule has 1 aliphatic rings. The lowest BCUT2D eigenvalue weighted by atomic mass is 10.0. The van der Waals surface area contributed by atoms with Crippen LogP contribution in [0.4, 0.5) is 0 Å². The summed E-state index contributed by atoms with van der Waals surface area (Å²) >= 11 is 0. The van der Waals surface area contributed by atoms with Crippen LogP contribution in [0.1, 0.15) is 57.9 Å². The van der Waals surface area contributed by atoms with Crippen LogP contribution in [0, 0.1) is 0 Å². The maximum absolute atomic E-state index is 12.8. The molecule has 0 unspecified atom stereocenters. The molecule has 1 aliphatic heterocycles. The van der Waals surface area contributed by atoms with Gasteiger partial charge in [-0.3, -0.25) is 14.9 Å². The number of carbonyl (C=O) groups is 3. The number of carboxylic acids is 1. The van der Waals surface area contributed by atoms with Crippen molar-refractivity contribution >= 4 is 17.8 Å². The lowest BCUT2D eigenvalue weighted by Gasteiger charge is -2.28. The molecule has 0 spiro atoms. The van der Waals surface area contributed by atoms with Gasteiger partial charge >= 0.3 is 11.9 Å². The molecule has 1 aromatic rings. The van der Waals surface area contributed by atoms with E-state index in [0.717, 1.165) is 24.8 Å². The third kappa shape index (κ3) is 7.13. The Morgan fingerprint density at radius 2 is 1.97 bits per heavy atom. The Morgan fingerprint density at radius 1 is 1.23 bits per heavy atom. The third-order valence-electron chi connectivity index (χ3n) is 5.48. The fraction of sp³-hybridized carbons (Fsp3) is 0.609. The zero-order valence-corrected chi connectivity index (χ0v) is 18.0. The number of carboxylic acid groups (broad SMARTS) is 1. The smallest absolute Gasteiger partial charge is 0.326 e. The Kier molecular flexibility index (Phi) is 9.80. The van der Waals surface area contributed by atoms with E-state index in [9.17, 15) is 19.5 Å². The predicted molar refractivity (Wildman–Crippen MR) is 114 cm³/mol. The van der Waals surface area contributed by atoms with Gasteiger partial charge in [-0.05, 0) is 44.6 Å². The minimum Gasteiger partial charge on any atom is -0.480 e. The number of unbranched alkanes of at least 4 members (excludes halogenated alkanes) is 2. The van der Waals surface area contributed by atoms with Gasteiger partial charge in [0.1, 0.15) is 12.1 Å². The summed E-state index contributed by atoms with van der Waals surface area (Å²) in [6.45, 7) is 4.56. The van der Waals surface area contributed by atoms with Gasteiger partial charge in [-0.2, -0.15) is 0 Å². The van der Waals surface area contributed by atoms with E-state index < -0.39 is 24.1 Å². The van der Waals surface area contributed by atoms with Crippen molar-refractivity contribution in [1.82, 2.24) is 10.2 Å². The largest absolute Gasteiger partial charge is 0.480 e. The monoisotopic (exact) mass is 418 g/mol. The first-order valence-corrected chi connectivity index (χ1v) is 10.9. The van der Waals surface area contributed by atoms with Crippen molar-refractivity contribution in [3.05, 3.63) is 35.9 Å². The topological polar surface area (TPSA) is 95.9 Å². The normalized spacial score (nSPS) is 18.1. The van der Waals surface area contributed by atoms with Crippen molar-refractivity contribution in [3.63, 3.8) is 0 Å². The van der Waals surface area contributed by atoms with E-state index in [1.165, 1.54) is 4.90 Å². The van der Waals surface area contributed by atoms with Gasteiger partial charge in [0.05, 0.1) is 12.6 Å². The summed E-state index contributed by atoms with van der Waals surface area (Å²) in [7, 11) is 0. The van der Waals surface area contributed by atoms with Gasteiger partial charge in [0.2, 0.25) is 5.91 Å². The van der Waals surface area contributed by atoms with Crippen LogP contribution in [-0.4, -0.2) is 59.1 Å². The van der Waals surface area contributed by atoms with Gasteiger partial charge in [0, 0.05) is 6.54 Å². The molecule has 1 fully saturated rings. The molecule has 7 heteroatoms. The molecule has 1 aromatic carbocycles. The van der Waals surface area contributed by atoms with Crippen LogP contribution in [0.25, 0.3) is 0 Å². The summed E-state index contributed by atoms with van der Waals surface area (Å²) in [5, 5.41) is 12.5. The summed E-state index contributed by atoms with van der Waals surface area (Å²) in [5.74, 6) is -1.63. The summed E-state index contributed by atoms with van der Waals surface area (Å²) in [5.41, 5.74) is 1.10. The minimum atomic E-state index is -0.982. The number of aryl methyl sites for hydroxylation is 1. The SMILES string of the molecule is CCCCCOC(=O)[C@H](CCc1ccccc1)N[C@@H](C)C(=O)N1CCC[C@H]1C(=O)O. The minimum absolute atomic E-state index is 0.289. The number of ether oxygens (including phenoxy) is 1. The van der Waals surface area contributed by atoms with Crippen LogP contribution in [0.3, 0.4) is 0 Å². The predicted octanol–water partition coefficient (Wildman–Crippen LogP) is 2.77. The van der Waals surface area contributed by atoms with Gasteiger partial charge in [0.25, 0.3) is 0 Å². The number of hydrogen-bond donors (Lipinski definition) is 2. The van der Waals surface area contributed by atoms with Crippen LogP contribution in [0.15, 0.2) is 30.3 Å². The van der Waals surface area contributed by atoms with Crippen molar-refractivity contribution in [2.24, 2.45) is 0 Å². The van der Waals surface area contributed by atoms with Gasteiger partial charge in [0.15, 0.2) is 0 Å². The highest BCUT2D eigenvalue weighted by Gasteiger charge is 2.37. The number of nitrogens with one attached hydrogen (secondary N) is 1. The molecule has 0 radical (unpaired) electrons. The molecule has 3 atom stereocenters. The molecule has 2 rings (SSSR count). The average Bonchev–Trinajstić information content (AvgIpc) is 3.24. The number of hydrogen-bond acceptors (Lipinski definition) is 5. The third-order valence-corrected chi connectivity index (χ3v) is 5.48. The van der Waals surface area contributed by atoms with Gasteiger partial charge in [-0.1, -0.05) is 50.1 Å². The Labute approximate surface area is 178 Å². The number of esters is 1. The first kappa shape index (κ1) is 23.9. The summed E-state index contributed by atoms with van der Waals surface area (Å²) < 4.78 is 5.44. The van der Waals surface area contributed by atoms with Crippen molar-refractivity contribution in [2.75, 3.05) is 13.2 Å². The number of benzene rings is 1. The molecule has 166 valence electrons. The zero-order valence-electron chi connectivity index (χ0n) is 18.0. The molecule has 1 heterocycles. The maximum Gasteiger partial charge on any atom is 0.326 e. The first-order chi connectivity index (χ1) is 14.4. The molecular formula is C23H34N2O5. The highest BCUT2D eigenvalue weighted by molar-refractivity contribution is 5.88. The number of rotatable bonds is 12. The summed E-state index contributed by atoms with van der Waals surface area (Å²) in [6.07, 6.45) is 5.16. The van der Waals surface area contributed by atoms with Gasteiger partial charge in [-0.25, -0.2) is 4.79 Å². The molecule has 30 heavy (non-hydrogen) atoms. The molecule has 0 bridgehead atoms. The lowest BCUT2D eigenvalue weighted by molar-refractivity contribution is -0.150. The maximum atomic E-state index is 12.8. The Hall–Kier alpha value is -2.41. The van der Waals surface area contributed by atoms with Crippen LogP contribution < -0.4 is 5.32 Å². The van der Waals surface area contributed by atoms with Crippen molar-refractivity contribution < 1.29 is 24.2 Å². The van der Waals surface area contributed by atoms with E-state index in [0.29, 0.717) is 38.8 Å². The van der Waals surface area contributed by atoms with Crippen LogP contribution >= 0.6 is 0 Å². The fourth-order valence-electron chi connectivity index (χ4n) is 3.76. The highest BCUT2D eigenvalue weighted by atomic mass is 16.5. The van der Waals surface area contributed by atoms with E-state index in [1.807, 2.05) is 30.3 Å². The Bertz CT molecular complexity index is 694. The average molecular weight is 419 g/mol. The van der Waals surface area contributed by atoms with E-state index >= 15 is 0 Å². The first-order valence-electron chi connectivity index (χ1n) is 10.9. The Morgan fingerprint density at radius 3 is 2.63 bits per heavy atom. The van der Waals surface area contributed by atoms with Gasteiger partial charge < -0.3 is 14.7 Å². The fourth-order valence-corrected chi connectivity index (χ4v) is 3.76. The van der Waals surface area contributed by atoms with E-state index in [4.69, 9.17) is 4.74 Å². The second-order valence-electron chi connectivity index (χ2n) is 7.87. The number of aliphatic carboxylic acids is 1. The van der Waals surface area contributed by atoms with Crippen LogP contribution in [0.2, 0.25) is 0 Å². The molecule has 0 aliphatic carbocycles. The van der Waals surface area contributed by atoms with Crippen molar-refractivity contribution in [3.8, 4) is 0 Å². The molecule has 1 saturated heterocycles. The highest BCUT2D eigenvalue weighted by Crippen LogP contribution is 2.19. The van der Waals surface area contributed by atoms with Gasteiger partial charge in [-0.15, -0.1) is 0 Å². The van der Waals surface area contributed by atoms with Crippen LogP contribution in [0.5, 0.6) is 0 Å². The molecular weight excluding hydrogens is 384 g/mol. The second kappa shape index (κ2) is 12.3. The molecule has 7 nitrogen and oxygen atoms in total. The molecule has 0 saturated carbocycles. The quantitative estimate of drug-likeness (QED) is 0.400. The zero-order chi connectivity index (χ0) is 21.9. The van der Waals surface area contributed by atoms with Crippen LogP contribution in [-0.2, 0) is 25.5 Å². The molecule has 2 N–H and O–H groups in total.